The summed E-state index contributed by atoms with van der Waals surface area (Å²) in [5, 5.41) is 2.78. The van der Waals surface area contributed by atoms with E-state index in [1.807, 2.05) is 0 Å². The minimum absolute atomic E-state index is 0.0980. The van der Waals surface area contributed by atoms with Crippen LogP contribution < -0.4 is 11.1 Å². The molecule has 3 N–H and O–H groups in total. The quantitative estimate of drug-likeness (QED) is 0.616. The molecule has 0 aromatic carbocycles. The summed E-state index contributed by atoms with van der Waals surface area (Å²) in [6, 6.07) is 0. The zero-order chi connectivity index (χ0) is 12.2. The van der Waals surface area contributed by atoms with Gasteiger partial charge in [0.2, 0.25) is 5.91 Å². The maximum absolute atomic E-state index is 11.4. The fourth-order valence-corrected chi connectivity index (χ4v) is 1.73. The molecule has 0 radical (unpaired) electrons. The number of rotatable bonds is 8. The summed E-state index contributed by atoms with van der Waals surface area (Å²) in [7, 11) is 0. The number of amides is 1. The molecule has 1 atom stereocenters. The molecule has 0 rings (SSSR count). The molecule has 0 bridgehead atoms. The largest absolute Gasteiger partial charge is 0.345 e. The second kappa shape index (κ2) is 10.5. The highest BCUT2D eigenvalue weighted by atomic mass is 16.1. The maximum Gasteiger partial charge on any atom is 0.220 e. The number of hydrogen-bond donors (Lipinski definition) is 2. The van der Waals surface area contributed by atoms with Crippen LogP contribution in [-0.4, -0.2) is 19.0 Å². The van der Waals surface area contributed by atoms with Crippen molar-refractivity contribution in [1.82, 2.24) is 5.32 Å². The molecule has 0 aliphatic rings. The molecule has 92 valence electrons. The molecule has 0 saturated heterocycles. The number of carbonyl (C=O) groups is 1. The first-order valence-corrected chi connectivity index (χ1v) is 6.10. The van der Waals surface area contributed by atoms with Gasteiger partial charge >= 0.3 is 0 Å². The first-order chi connectivity index (χ1) is 7.74. The molecular formula is C13H24N2O. The molecule has 0 aromatic heterocycles. The number of nitrogens with one attached hydrogen (secondary N) is 1. The lowest BCUT2D eigenvalue weighted by Crippen LogP contribution is -2.24. The summed E-state index contributed by atoms with van der Waals surface area (Å²) in [6.07, 6.45) is 4.88. The Hall–Kier alpha value is -1.01. The highest BCUT2D eigenvalue weighted by Gasteiger charge is 2.09. The van der Waals surface area contributed by atoms with Gasteiger partial charge in [-0.1, -0.05) is 25.7 Å². The van der Waals surface area contributed by atoms with E-state index in [-0.39, 0.29) is 5.91 Å². The molecular weight excluding hydrogens is 200 g/mol. The molecule has 0 heterocycles. The lowest BCUT2D eigenvalue weighted by atomic mass is 9.94. The van der Waals surface area contributed by atoms with E-state index in [0.717, 1.165) is 19.3 Å². The minimum Gasteiger partial charge on any atom is -0.345 e. The fourth-order valence-electron chi connectivity index (χ4n) is 1.73. The maximum atomic E-state index is 11.4. The zero-order valence-electron chi connectivity index (χ0n) is 10.5. The molecule has 3 heteroatoms. The van der Waals surface area contributed by atoms with Crippen LogP contribution in [0.15, 0.2) is 0 Å². The average Bonchev–Trinajstić information content (AvgIpc) is 2.27. The van der Waals surface area contributed by atoms with E-state index in [1.165, 1.54) is 6.42 Å². The van der Waals surface area contributed by atoms with Gasteiger partial charge in [-0.15, -0.1) is 5.92 Å². The van der Waals surface area contributed by atoms with Crippen LogP contribution in [-0.2, 0) is 4.79 Å². The Morgan fingerprint density at radius 3 is 2.69 bits per heavy atom. The van der Waals surface area contributed by atoms with E-state index < -0.39 is 0 Å². The Bertz CT molecular complexity index is 234. The van der Waals surface area contributed by atoms with Crippen molar-refractivity contribution in [3.05, 3.63) is 0 Å². The van der Waals surface area contributed by atoms with Gasteiger partial charge < -0.3 is 11.1 Å². The van der Waals surface area contributed by atoms with Gasteiger partial charge in [0.15, 0.2) is 0 Å². The third-order valence-corrected chi connectivity index (χ3v) is 2.60. The van der Waals surface area contributed by atoms with E-state index in [9.17, 15) is 4.79 Å². The Morgan fingerprint density at radius 2 is 2.12 bits per heavy atom. The highest BCUT2D eigenvalue weighted by molar-refractivity contribution is 5.76. The fraction of sp³-hybridized carbons (Fsp3) is 0.769. The highest BCUT2D eigenvalue weighted by Crippen LogP contribution is 2.16. The lowest BCUT2D eigenvalue weighted by Gasteiger charge is -2.14. The molecule has 16 heavy (non-hydrogen) atoms. The summed E-state index contributed by atoms with van der Waals surface area (Å²) in [5.41, 5.74) is 5.55. The Kier molecular flexibility index (Phi) is 9.84. The van der Waals surface area contributed by atoms with Crippen molar-refractivity contribution < 1.29 is 4.79 Å². The topological polar surface area (TPSA) is 55.1 Å². The summed E-state index contributed by atoms with van der Waals surface area (Å²) in [6.45, 7) is 5.11. The molecule has 0 aliphatic heterocycles. The Balaban J connectivity index is 3.71. The molecule has 0 aromatic rings. The van der Waals surface area contributed by atoms with Crippen LogP contribution in [0.4, 0.5) is 0 Å². The van der Waals surface area contributed by atoms with Crippen molar-refractivity contribution >= 4 is 5.91 Å². The average molecular weight is 224 g/mol. The first kappa shape index (κ1) is 15.0. The van der Waals surface area contributed by atoms with Gasteiger partial charge in [-0.2, -0.15) is 0 Å². The van der Waals surface area contributed by atoms with Gasteiger partial charge in [0.1, 0.15) is 0 Å². The lowest BCUT2D eigenvalue weighted by molar-refractivity contribution is -0.121. The van der Waals surface area contributed by atoms with Crippen LogP contribution in [0.2, 0.25) is 0 Å². The molecule has 0 fully saturated rings. The molecule has 1 unspecified atom stereocenters. The number of hydrogen-bond acceptors (Lipinski definition) is 2. The van der Waals surface area contributed by atoms with Crippen LogP contribution >= 0.6 is 0 Å². The third kappa shape index (κ3) is 8.31. The van der Waals surface area contributed by atoms with Gasteiger partial charge in [0.25, 0.3) is 0 Å². The van der Waals surface area contributed by atoms with E-state index in [4.69, 9.17) is 5.73 Å². The van der Waals surface area contributed by atoms with E-state index in [2.05, 4.69) is 24.1 Å². The predicted octanol–water partition coefficient (Wildman–Crippen LogP) is 1.67. The number of nitrogens with two attached hydrogens (primary N) is 1. The summed E-state index contributed by atoms with van der Waals surface area (Å²) < 4.78 is 0. The first-order valence-electron chi connectivity index (χ1n) is 6.10. The molecule has 0 saturated carbocycles. The van der Waals surface area contributed by atoms with Crippen molar-refractivity contribution in [2.75, 3.05) is 13.1 Å². The standard InChI is InChI=1S/C13H24N2O/c1-3-5-11-15-13(16)8-7-12(6-4-2)9-10-14/h12H,4,6-11,14H2,1-2H3,(H,15,16). The number of carbonyl (C=O) groups excluding carboxylic acids is 1. The van der Waals surface area contributed by atoms with Gasteiger partial charge in [-0.05, 0) is 32.2 Å². The predicted molar refractivity (Wildman–Crippen MR) is 67.8 cm³/mol. The van der Waals surface area contributed by atoms with E-state index >= 15 is 0 Å². The second-order valence-corrected chi connectivity index (χ2v) is 3.97. The summed E-state index contributed by atoms with van der Waals surface area (Å²) in [4.78, 5) is 11.4. The van der Waals surface area contributed by atoms with Crippen molar-refractivity contribution in [2.45, 2.75) is 46.0 Å². The van der Waals surface area contributed by atoms with Crippen molar-refractivity contribution in [2.24, 2.45) is 11.7 Å². The summed E-state index contributed by atoms with van der Waals surface area (Å²) >= 11 is 0. The minimum atomic E-state index is 0.0980. The van der Waals surface area contributed by atoms with E-state index in [1.54, 1.807) is 6.92 Å². The third-order valence-electron chi connectivity index (χ3n) is 2.60. The van der Waals surface area contributed by atoms with Gasteiger partial charge in [-0.25, -0.2) is 0 Å². The van der Waals surface area contributed by atoms with Crippen LogP contribution in [0.5, 0.6) is 0 Å². The van der Waals surface area contributed by atoms with Crippen LogP contribution in [0.1, 0.15) is 46.0 Å². The second-order valence-electron chi connectivity index (χ2n) is 3.97. The van der Waals surface area contributed by atoms with Gasteiger partial charge in [0, 0.05) is 6.42 Å². The van der Waals surface area contributed by atoms with Crippen LogP contribution in [0.3, 0.4) is 0 Å². The molecule has 0 aliphatic carbocycles. The molecule has 3 nitrogen and oxygen atoms in total. The normalized spacial score (nSPS) is 11.4. The summed E-state index contributed by atoms with van der Waals surface area (Å²) in [5.74, 6) is 6.26. The monoisotopic (exact) mass is 224 g/mol. The zero-order valence-corrected chi connectivity index (χ0v) is 10.5. The Morgan fingerprint density at radius 1 is 1.38 bits per heavy atom. The van der Waals surface area contributed by atoms with Crippen LogP contribution in [0.25, 0.3) is 0 Å². The smallest absolute Gasteiger partial charge is 0.220 e. The van der Waals surface area contributed by atoms with Gasteiger partial charge in [-0.3, -0.25) is 4.79 Å². The van der Waals surface area contributed by atoms with Gasteiger partial charge in [0.05, 0.1) is 6.54 Å². The van der Waals surface area contributed by atoms with Crippen LogP contribution in [0, 0.1) is 17.8 Å². The van der Waals surface area contributed by atoms with Crippen molar-refractivity contribution in [3.8, 4) is 11.8 Å². The molecule has 0 spiro atoms. The molecule has 1 amide bonds. The van der Waals surface area contributed by atoms with E-state index in [0.29, 0.717) is 25.4 Å². The Labute approximate surface area is 99.2 Å². The SMILES string of the molecule is CC#CCNC(=O)CCC(CCC)CCN. The van der Waals surface area contributed by atoms with Crippen molar-refractivity contribution in [1.29, 1.82) is 0 Å². The van der Waals surface area contributed by atoms with Crippen molar-refractivity contribution in [3.63, 3.8) is 0 Å².